The van der Waals surface area contributed by atoms with Crippen LogP contribution in [-0.2, 0) is 16.4 Å². The van der Waals surface area contributed by atoms with E-state index in [2.05, 4.69) is 30.7 Å². The monoisotopic (exact) mass is 445 g/mol. The lowest BCUT2D eigenvalue weighted by Gasteiger charge is -2.35. The first-order valence-corrected chi connectivity index (χ1v) is 10.4. The third-order valence-electron chi connectivity index (χ3n) is 4.30. The Hall–Kier alpha value is -1.58. The predicted molar refractivity (Wildman–Crippen MR) is 99.1 cm³/mol. The second kappa shape index (κ2) is 7.98. The standard InChI is InChI=1S/C17H18BrF2N3O2S/c18-14-3-6-16(21-11-14)23-9-7-22(8-10-23)12-13-1-4-15(5-2-13)26(24,25)17(19)20/h1-6,11,17H,7-10,12H2. The van der Waals surface area contributed by atoms with Crippen LogP contribution in [0.25, 0.3) is 0 Å². The topological polar surface area (TPSA) is 53.5 Å². The molecule has 1 aromatic heterocycles. The van der Waals surface area contributed by atoms with E-state index in [1.54, 1.807) is 18.3 Å². The highest BCUT2D eigenvalue weighted by molar-refractivity contribution is 9.10. The second-order valence-electron chi connectivity index (χ2n) is 6.05. The third-order valence-corrected chi connectivity index (χ3v) is 6.17. The Balaban J connectivity index is 1.57. The molecule has 5 nitrogen and oxygen atoms in total. The summed E-state index contributed by atoms with van der Waals surface area (Å²) in [5.41, 5.74) is 0.897. The smallest absolute Gasteiger partial charge is 0.341 e. The van der Waals surface area contributed by atoms with Gasteiger partial charge in [-0.05, 0) is 45.8 Å². The zero-order chi connectivity index (χ0) is 18.7. The molecular formula is C17H18BrF2N3O2S. The predicted octanol–water partition coefficient (Wildman–Crippen LogP) is 3.16. The van der Waals surface area contributed by atoms with Crippen molar-refractivity contribution in [3.8, 4) is 0 Å². The fourth-order valence-corrected chi connectivity index (χ4v) is 3.79. The summed E-state index contributed by atoms with van der Waals surface area (Å²) < 4.78 is 49.0. The van der Waals surface area contributed by atoms with E-state index in [-0.39, 0.29) is 4.90 Å². The second-order valence-corrected chi connectivity index (χ2v) is 8.88. The van der Waals surface area contributed by atoms with Crippen LogP contribution < -0.4 is 4.90 Å². The Morgan fingerprint density at radius 2 is 1.69 bits per heavy atom. The molecule has 140 valence electrons. The number of anilines is 1. The minimum Gasteiger partial charge on any atom is -0.354 e. The number of hydrogen-bond acceptors (Lipinski definition) is 5. The van der Waals surface area contributed by atoms with E-state index in [4.69, 9.17) is 0 Å². The summed E-state index contributed by atoms with van der Waals surface area (Å²) in [7, 11) is -4.53. The summed E-state index contributed by atoms with van der Waals surface area (Å²) >= 11 is 3.37. The lowest BCUT2D eigenvalue weighted by molar-refractivity contribution is 0.234. The van der Waals surface area contributed by atoms with E-state index in [9.17, 15) is 17.2 Å². The van der Waals surface area contributed by atoms with Gasteiger partial charge in [0.1, 0.15) is 5.82 Å². The van der Waals surface area contributed by atoms with E-state index in [0.717, 1.165) is 42.0 Å². The lowest BCUT2D eigenvalue weighted by atomic mass is 10.2. The van der Waals surface area contributed by atoms with Crippen LogP contribution in [0.2, 0.25) is 0 Å². The van der Waals surface area contributed by atoms with Gasteiger partial charge < -0.3 is 4.90 Å². The maximum atomic E-state index is 12.6. The van der Waals surface area contributed by atoms with Crippen LogP contribution in [0.3, 0.4) is 0 Å². The first-order chi connectivity index (χ1) is 12.4. The highest BCUT2D eigenvalue weighted by Gasteiger charge is 2.26. The minimum absolute atomic E-state index is 0.345. The normalized spacial score (nSPS) is 16.2. The van der Waals surface area contributed by atoms with Crippen LogP contribution in [0.4, 0.5) is 14.6 Å². The van der Waals surface area contributed by atoms with Crippen LogP contribution in [0, 0.1) is 0 Å². The molecule has 0 saturated carbocycles. The third kappa shape index (κ3) is 4.39. The van der Waals surface area contributed by atoms with E-state index in [1.807, 2.05) is 12.1 Å². The first-order valence-electron chi connectivity index (χ1n) is 8.06. The number of halogens is 3. The van der Waals surface area contributed by atoms with E-state index >= 15 is 0 Å². The highest BCUT2D eigenvalue weighted by atomic mass is 79.9. The first kappa shape index (κ1) is 19.2. The van der Waals surface area contributed by atoms with E-state index in [0.29, 0.717) is 6.54 Å². The molecule has 0 spiro atoms. The molecule has 2 aromatic rings. The minimum atomic E-state index is -4.53. The van der Waals surface area contributed by atoms with Gasteiger partial charge in [0.25, 0.3) is 0 Å². The zero-order valence-electron chi connectivity index (χ0n) is 13.9. The van der Waals surface area contributed by atoms with Crippen LogP contribution in [-0.4, -0.2) is 50.2 Å². The maximum Gasteiger partial charge on any atom is 0.341 e. The van der Waals surface area contributed by atoms with Crippen LogP contribution in [0.1, 0.15) is 5.56 Å². The largest absolute Gasteiger partial charge is 0.354 e. The molecule has 1 aromatic carbocycles. The van der Waals surface area contributed by atoms with Crippen molar-refractivity contribution in [2.45, 2.75) is 17.2 Å². The maximum absolute atomic E-state index is 12.6. The summed E-state index contributed by atoms with van der Waals surface area (Å²) in [6.45, 7) is 4.01. The van der Waals surface area contributed by atoms with Gasteiger partial charge in [-0.15, -0.1) is 0 Å². The molecule has 1 aliphatic heterocycles. The van der Waals surface area contributed by atoms with Gasteiger partial charge in [-0.2, -0.15) is 8.78 Å². The van der Waals surface area contributed by atoms with Gasteiger partial charge in [-0.1, -0.05) is 12.1 Å². The van der Waals surface area contributed by atoms with Gasteiger partial charge in [-0.3, -0.25) is 4.90 Å². The Bertz CT molecular complexity index is 837. The quantitative estimate of drug-likeness (QED) is 0.707. The molecule has 1 aliphatic rings. The van der Waals surface area contributed by atoms with Crippen molar-refractivity contribution in [3.05, 3.63) is 52.6 Å². The summed E-state index contributed by atoms with van der Waals surface area (Å²) in [5, 5.41) is 0. The zero-order valence-corrected chi connectivity index (χ0v) is 16.3. The van der Waals surface area contributed by atoms with E-state index in [1.165, 1.54) is 12.1 Å². The Kier molecular flexibility index (Phi) is 5.89. The van der Waals surface area contributed by atoms with Crippen molar-refractivity contribution in [1.82, 2.24) is 9.88 Å². The number of sulfone groups is 1. The van der Waals surface area contributed by atoms with Crippen LogP contribution in [0.15, 0.2) is 52.0 Å². The van der Waals surface area contributed by atoms with Gasteiger partial charge in [0, 0.05) is 43.4 Å². The van der Waals surface area contributed by atoms with E-state index < -0.39 is 15.6 Å². The molecule has 3 rings (SSSR count). The van der Waals surface area contributed by atoms with Crippen LogP contribution in [0.5, 0.6) is 0 Å². The van der Waals surface area contributed by atoms with Crippen LogP contribution >= 0.6 is 15.9 Å². The van der Waals surface area contributed by atoms with Gasteiger partial charge in [0.15, 0.2) is 0 Å². The number of rotatable bonds is 5. The Morgan fingerprint density at radius 1 is 1.04 bits per heavy atom. The van der Waals surface area contributed by atoms with Gasteiger partial charge in [0.2, 0.25) is 9.84 Å². The molecule has 1 fully saturated rings. The van der Waals surface area contributed by atoms with Crippen molar-refractivity contribution >= 4 is 31.6 Å². The Labute approximate surface area is 159 Å². The molecular weight excluding hydrogens is 428 g/mol. The molecule has 0 atom stereocenters. The van der Waals surface area contributed by atoms with Crippen molar-refractivity contribution in [3.63, 3.8) is 0 Å². The van der Waals surface area contributed by atoms with Crippen molar-refractivity contribution in [2.75, 3.05) is 31.1 Å². The molecule has 0 N–H and O–H groups in total. The average Bonchev–Trinajstić information content (AvgIpc) is 2.63. The highest BCUT2D eigenvalue weighted by Crippen LogP contribution is 2.20. The molecule has 26 heavy (non-hydrogen) atoms. The molecule has 9 heteroatoms. The summed E-state index contributed by atoms with van der Waals surface area (Å²) in [4.78, 5) is 8.51. The summed E-state index contributed by atoms with van der Waals surface area (Å²) in [6, 6.07) is 9.62. The summed E-state index contributed by atoms with van der Waals surface area (Å²) in [6.07, 6.45) is 1.77. The fourth-order valence-electron chi connectivity index (χ4n) is 2.84. The molecule has 1 saturated heterocycles. The number of pyridine rings is 1. The molecule has 0 amide bonds. The molecule has 2 heterocycles. The molecule has 0 radical (unpaired) electrons. The average molecular weight is 446 g/mol. The SMILES string of the molecule is O=S(=O)(c1ccc(CN2CCN(c3ccc(Br)cn3)CC2)cc1)C(F)F. The fraction of sp³-hybridized carbons (Fsp3) is 0.353. The molecule has 0 bridgehead atoms. The van der Waals surface area contributed by atoms with Gasteiger partial charge >= 0.3 is 5.76 Å². The van der Waals surface area contributed by atoms with Gasteiger partial charge in [-0.25, -0.2) is 13.4 Å². The van der Waals surface area contributed by atoms with Crippen molar-refractivity contribution < 1.29 is 17.2 Å². The number of benzene rings is 1. The molecule has 0 unspecified atom stereocenters. The van der Waals surface area contributed by atoms with Gasteiger partial charge in [0.05, 0.1) is 4.90 Å². The number of hydrogen-bond donors (Lipinski definition) is 0. The number of aromatic nitrogens is 1. The molecule has 0 aliphatic carbocycles. The van der Waals surface area contributed by atoms with Crippen molar-refractivity contribution in [2.24, 2.45) is 0 Å². The Morgan fingerprint density at radius 3 is 2.23 bits per heavy atom. The summed E-state index contributed by atoms with van der Waals surface area (Å²) in [5.74, 6) is -2.46. The number of piperazine rings is 1. The number of nitrogens with zero attached hydrogens (tertiary/aromatic N) is 3. The lowest BCUT2D eigenvalue weighted by Crippen LogP contribution is -2.46. The van der Waals surface area contributed by atoms with Crippen molar-refractivity contribution in [1.29, 1.82) is 0 Å². The number of alkyl halides is 2.